The number of nitrogens with two attached hydrogens (primary N) is 2. The molecule has 0 saturated carbocycles. The molecule has 0 bridgehead atoms. The second-order valence-electron chi connectivity index (χ2n) is 5.04. The Bertz CT molecular complexity index is 512. The third kappa shape index (κ3) is 3.57. The molecule has 1 amide bonds. The monoisotopic (exact) mass is 264 g/mol. The summed E-state index contributed by atoms with van der Waals surface area (Å²) in [6.07, 6.45) is 3.49. The number of anilines is 1. The van der Waals surface area contributed by atoms with Crippen molar-refractivity contribution in [2.75, 3.05) is 25.4 Å². The second kappa shape index (κ2) is 5.88. The summed E-state index contributed by atoms with van der Waals surface area (Å²) < 4.78 is 1.60. The van der Waals surface area contributed by atoms with E-state index >= 15 is 0 Å². The predicted molar refractivity (Wildman–Crippen MR) is 73.5 cm³/mol. The summed E-state index contributed by atoms with van der Waals surface area (Å²) in [5.41, 5.74) is 11.5. The van der Waals surface area contributed by atoms with Crippen LogP contribution < -0.4 is 17.0 Å². The van der Waals surface area contributed by atoms with E-state index in [0.29, 0.717) is 18.8 Å². The summed E-state index contributed by atoms with van der Waals surface area (Å²) in [4.78, 5) is 25.0. The fourth-order valence-electron chi connectivity index (χ4n) is 2.46. The first kappa shape index (κ1) is 13.6. The van der Waals surface area contributed by atoms with Gasteiger partial charge in [-0.15, -0.1) is 0 Å². The molecule has 19 heavy (non-hydrogen) atoms. The highest BCUT2D eigenvalue weighted by atomic mass is 16.1. The highest BCUT2D eigenvalue weighted by Crippen LogP contribution is 2.15. The molecule has 0 radical (unpaired) electrons. The minimum absolute atomic E-state index is 0.0577. The zero-order chi connectivity index (χ0) is 13.8. The van der Waals surface area contributed by atoms with Gasteiger partial charge in [-0.05, 0) is 25.5 Å². The van der Waals surface area contributed by atoms with E-state index in [1.807, 2.05) is 0 Å². The molecule has 0 spiro atoms. The molecular formula is C13H20N4O2. The van der Waals surface area contributed by atoms with Gasteiger partial charge in [-0.25, -0.2) is 0 Å². The van der Waals surface area contributed by atoms with E-state index in [4.69, 9.17) is 11.5 Å². The molecule has 1 aliphatic rings. The van der Waals surface area contributed by atoms with Crippen LogP contribution in [0.2, 0.25) is 0 Å². The van der Waals surface area contributed by atoms with E-state index in [1.165, 1.54) is 6.07 Å². The number of pyridine rings is 1. The van der Waals surface area contributed by atoms with Gasteiger partial charge in [-0.1, -0.05) is 0 Å². The lowest BCUT2D eigenvalue weighted by Crippen LogP contribution is -2.42. The summed E-state index contributed by atoms with van der Waals surface area (Å²) in [5, 5.41) is 0. The topological polar surface area (TPSA) is 94.3 Å². The smallest absolute Gasteiger partial charge is 0.250 e. The Kier molecular flexibility index (Phi) is 4.21. The number of hydrogen-bond acceptors (Lipinski definition) is 4. The predicted octanol–water partition coefficient (Wildman–Crippen LogP) is -0.372. The highest BCUT2D eigenvalue weighted by molar-refractivity contribution is 5.76. The molecule has 1 aliphatic heterocycles. The number of piperidine rings is 1. The minimum Gasteiger partial charge on any atom is -0.398 e. The number of nitrogen functional groups attached to an aromatic ring is 1. The van der Waals surface area contributed by atoms with Gasteiger partial charge in [-0.3, -0.25) is 9.59 Å². The lowest BCUT2D eigenvalue weighted by atomic mass is 9.97. The van der Waals surface area contributed by atoms with Crippen LogP contribution >= 0.6 is 0 Å². The Morgan fingerprint density at radius 1 is 1.37 bits per heavy atom. The van der Waals surface area contributed by atoms with Gasteiger partial charge >= 0.3 is 0 Å². The van der Waals surface area contributed by atoms with Crippen molar-refractivity contribution in [1.82, 2.24) is 9.47 Å². The number of primary amides is 1. The number of aromatic nitrogens is 1. The fraction of sp³-hybridized carbons (Fsp3) is 0.538. The number of hydrogen-bond donors (Lipinski definition) is 2. The van der Waals surface area contributed by atoms with Crippen LogP contribution in [0, 0.1) is 5.92 Å². The molecule has 2 heterocycles. The van der Waals surface area contributed by atoms with E-state index in [2.05, 4.69) is 4.90 Å². The third-order valence-corrected chi connectivity index (χ3v) is 3.57. The number of likely N-dealkylation sites (tertiary alicyclic amines) is 1. The van der Waals surface area contributed by atoms with Crippen molar-refractivity contribution in [3.8, 4) is 0 Å². The molecule has 6 heteroatoms. The Balaban J connectivity index is 1.93. The van der Waals surface area contributed by atoms with Crippen LogP contribution in [-0.4, -0.2) is 35.0 Å². The number of carbonyl (C=O) groups is 1. The zero-order valence-corrected chi connectivity index (χ0v) is 10.9. The van der Waals surface area contributed by atoms with Crippen molar-refractivity contribution in [3.05, 3.63) is 28.7 Å². The summed E-state index contributed by atoms with van der Waals surface area (Å²) in [5.74, 6) is -0.294. The van der Waals surface area contributed by atoms with Crippen LogP contribution in [0.25, 0.3) is 0 Å². The molecule has 4 N–H and O–H groups in total. The molecule has 1 atom stereocenters. The summed E-state index contributed by atoms with van der Waals surface area (Å²) in [6.45, 7) is 2.94. The van der Waals surface area contributed by atoms with Crippen LogP contribution in [0.3, 0.4) is 0 Å². The largest absolute Gasteiger partial charge is 0.398 e. The quantitative estimate of drug-likeness (QED) is 0.775. The zero-order valence-electron chi connectivity index (χ0n) is 10.9. The molecule has 1 fully saturated rings. The molecule has 1 aromatic heterocycles. The molecule has 1 aromatic rings. The number of amides is 1. The Morgan fingerprint density at radius 3 is 2.89 bits per heavy atom. The van der Waals surface area contributed by atoms with Gasteiger partial charge in [0.2, 0.25) is 5.91 Å². The fourth-order valence-corrected chi connectivity index (χ4v) is 2.46. The van der Waals surface area contributed by atoms with E-state index in [-0.39, 0.29) is 17.4 Å². The second-order valence-corrected chi connectivity index (χ2v) is 5.04. The summed E-state index contributed by atoms with van der Waals surface area (Å²) in [7, 11) is 0. The maximum absolute atomic E-state index is 11.6. The van der Waals surface area contributed by atoms with Gasteiger partial charge in [0.05, 0.1) is 5.92 Å². The molecule has 1 unspecified atom stereocenters. The van der Waals surface area contributed by atoms with Gasteiger partial charge in [0, 0.05) is 37.6 Å². The molecule has 0 aliphatic carbocycles. The van der Waals surface area contributed by atoms with Gasteiger partial charge in [0.1, 0.15) is 0 Å². The van der Waals surface area contributed by atoms with Crippen molar-refractivity contribution >= 4 is 11.6 Å². The van der Waals surface area contributed by atoms with Crippen LogP contribution in [0.4, 0.5) is 5.69 Å². The van der Waals surface area contributed by atoms with Crippen LogP contribution in [0.1, 0.15) is 12.8 Å². The summed E-state index contributed by atoms with van der Waals surface area (Å²) >= 11 is 0. The molecule has 104 valence electrons. The van der Waals surface area contributed by atoms with Crippen LogP contribution in [0.15, 0.2) is 23.1 Å². The Hall–Kier alpha value is -1.82. The van der Waals surface area contributed by atoms with Crippen LogP contribution in [0.5, 0.6) is 0 Å². The first-order chi connectivity index (χ1) is 9.06. The molecular weight excluding hydrogens is 244 g/mol. The van der Waals surface area contributed by atoms with Crippen molar-refractivity contribution in [3.63, 3.8) is 0 Å². The maximum atomic E-state index is 11.6. The molecule has 1 saturated heterocycles. The van der Waals surface area contributed by atoms with Crippen LogP contribution in [-0.2, 0) is 11.3 Å². The van der Waals surface area contributed by atoms with Gasteiger partial charge < -0.3 is 20.9 Å². The first-order valence-corrected chi connectivity index (χ1v) is 6.54. The van der Waals surface area contributed by atoms with Crippen molar-refractivity contribution in [2.45, 2.75) is 19.4 Å². The average molecular weight is 264 g/mol. The minimum atomic E-state index is -0.231. The standard InChI is InChI=1S/C13H20N4O2/c14-11-3-4-12(18)17(9-11)7-6-16-5-1-2-10(8-16)13(15)19/h3-4,9-10H,1-2,5-8,14H2,(H2,15,19). The SMILES string of the molecule is NC(=O)C1CCCN(CCn2cc(N)ccc2=O)C1. The number of nitrogens with zero attached hydrogens (tertiary/aromatic N) is 2. The normalized spacial score (nSPS) is 20.3. The maximum Gasteiger partial charge on any atom is 0.250 e. The average Bonchev–Trinajstić information content (AvgIpc) is 2.40. The molecule has 0 aromatic carbocycles. The molecule has 6 nitrogen and oxygen atoms in total. The van der Waals surface area contributed by atoms with E-state index in [9.17, 15) is 9.59 Å². The Labute approximate surface area is 112 Å². The van der Waals surface area contributed by atoms with Gasteiger partial charge in [0.25, 0.3) is 5.56 Å². The van der Waals surface area contributed by atoms with Gasteiger partial charge in [-0.2, -0.15) is 0 Å². The van der Waals surface area contributed by atoms with Crippen molar-refractivity contribution in [1.29, 1.82) is 0 Å². The lowest BCUT2D eigenvalue weighted by molar-refractivity contribution is -0.123. The number of rotatable bonds is 4. The Morgan fingerprint density at radius 2 is 2.16 bits per heavy atom. The van der Waals surface area contributed by atoms with E-state index < -0.39 is 0 Å². The lowest BCUT2D eigenvalue weighted by Gasteiger charge is -2.31. The van der Waals surface area contributed by atoms with Crippen molar-refractivity contribution < 1.29 is 4.79 Å². The first-order valence-electron chi connectivity index (χ1n) is 6.54. The van der Waals surface area contributed by atoms with E-state index in [1.54, 1.807) is 16.8 Å². The third-order valence-electron chi connectivity index (χ3n) is 3.57. The number of carbonyl (C=O) groups excluding carboxylic acids is 1. The summed E-state index contributed by atoms with van der Waals surface area (Å²) in [6, 6.07) is 3.07. The molecule has 2 rings (SSSR count). The highest BCUT2D eigenvalue weighted by Gasteiger charge is 2.23. The van der Waals surface area contributed by atoms with E-state index in [0.717, 1.165) is 25.9 Å². The van der Waals surface area contributed by atoms with Gasteiger partial charge in [0.15, 0.2) is 0 Å². The van der Waals surface area contributed by atoms with Crippen molar-refractivity contribution in [2.24, 2.45) is 11.7 Å².